The summed E-state index contributed by atoms with van der Waals surface area (Å²) in [5.74, 6) is -1.25. The number of methoxy groups -OCH3 is 1. The van der Waals surface area contributed by atoms with Crippen LogP contribution in [0.15, 0.2) is 18.2 Å². The molecule has 0 aromatic heterocycles. The number of amides is 1. The zero-order chi connectivity index (χ0) is 16.5. The van der Waals surface area contributed by atoms with Crippen molar-refractivity contribution < 1.29 is 28.9 Å². The summed E-state index contributed by atoms with van der Waals surface area (Å²) in [7, 11) is 1.37. The largest absolute Gasteiger partial charge is 0.496 e. The molecule has 0 aliphatic rings. The van der Waals surface area contributed by atoms with E-state index in [1.807, 2.05) is 6.92 Å². The molecular weight excluding hydrogens is 290 g/mol. The first-order valence-electron chi connectivity index (χ1n) is 6.91. The Bertz CT molecular complexity index is 517. The van der Waals surface area contributed by atoms with Crippen molar-refractivity contribution in [3.8, 4) is 5.75 Å². The number of nitrogens with one attached hydrogen (secondary N) is 1. The van der Waals surface area contributed by atoms with E-state index in [1.54, 1.807) is 6.92 Å². The highest BCUT2D eigenvalue weighted by atomic mass is 16.5. The minimum Gasteiger partial charge on any atom is -0.496 e. The van der Waals surface area contributed by atoms with Crippen molar-refractivity contribution in [2.45, 2.75) is 20.0 Å². The van der Waals surface area contributed by atoms with Gasteiger partial charge in [0.2, 0.25) is 0 Å². The SMILES string of the molecule is CCOCCOC(C)C(=O)Nc1ccc(C(=O)O)c(OC)c1. The van der Waals surface area contributed by atoms with Crippen LogP contribution in [0.3, 0.4) is 0 Å². The second-order valence-corrected chi connectivity index (χ2v) is 4.42. The Morgan fingerprint density at radius 3 is 2.64 bits per heavy atom. The summed E-state index contributed by atoms with van der Waals surface area (Å²) < 4.78 is 15.5. The number of hydrogen-bond donors (Lipinski definition) is 2. The standard InChI is InChI=1S/C15H21NO6/c1-4-21-7-8-22-10(2)14(17)16-11-5-6-12(15(18)19)13(9-11)20-3/h5-6,9-10H,4,7-8H2,1-3H3,(H,16,17)(H,18,19). The smallest absolute Gasteiger partial charge is 0.339 e. The van der Waals surface area contributed by atoms with Gasteiger partial charge in [-0.15, -0.1) is 0 Å². The first kappa shape index (κ1) is 17.9. The minimum absolute atomic E-state index is 0.0292. The number of rotatable bonds is 9. The zero-order valence-electron chi connectivity index (χ0n) is 12.9. The van der Waals surface area contributed by atoms with Gasteiger partial charge in [-0.25, -0.2) is 4.79 Å². The van der Waals surface area contributed by atoms with Gasteiger partial charge in [0, 0.05) is 18.4 Å². The quantitative estimate of drug-likeness (QED) is 0.675. The molecule has 2 N–H and O–H groups in total. The lowest BCUT2D eigenvalue weighted by Crippen LogP contribution is -2.28. The van der Waals surface area contributed by atoms with Gasteiger partial charge < -0.3 is 24.6 Å². The van der Waals surface area contributed by atoms with Crippen LogP contribution >= 0.6 is 0 Å². The minimum atomic E-state index is -1.10. The average molecular weight is 311 g/mol. The summed E-state index contributed by atoms with van der Waals surface area (Å²) in [6.45, 7) is 4.85. The fourth-order valence-electron chi connectivity index (χ4n) is 1.69. The molecule has 22 heavy (non-hydrogen) atoms. The van der Waals surface area contributed by atoms with Crippen molar-refractivity contribution in [1.29, 1.82) is 0 Å². The molecule has 0 fully saturated rings. The van der Waals surface area contributed by atoms with Gasteiger partial charge in [0.05, 0.1) is 20.3 Å². The van der Waals surface area contributed by atoms with Crippen LogP contribution in [-0.4, -0.2) is 50.0 Å². The Kier molecular flexibility index (Phi) is 7.34. The Hall–Kier alpha value is -2.12. The zero-order valence-corrected chi connectivity index (χ0v) is 12.9. The molecular formula is C15H21NO6. The van der Waals surface area contributed by atoms with Crippen LogP contribution in [0.25, 0.3) is 0 Å². The number of anilines is 1. The maximum atomic E-state index is 12.0. The molecule has 1 aromatic carbocycles. The Labute approximate surface area is 129 Å². The van der Waals surface area contributed by atoms with E-state index in [4.69, 9.17) is 19.3 Å². The molecule has 0 spiro atoms. The van der Waals surface area contributed by atoms with E-state index >= 15 is 0 Å². The number of carbonyl (C=O) groups excluding carboxylic acids is 1. The molecule has 0 aliphatic carbocycles. The third-order valence-electron chi connectivity index (χ3n) is 2.87. The van der Waals surface area contributed by atoms with Crippen LogP contribution in [0, 0.1) is 0 Å². The summed E-state index contributed by atoms with van der Waals surface area (Å²) in [4.78, 5) is 23.0. The average Bonchev–Trinajstić information content (AvgIpc) is 2.50. The number of benzene rings is 1. The van der Waals surface area contributed by atoms with E-state index in [0.29, 0.717) is 25.5 Å². The molecule has 0 heterocycles. The van der Waals surface area contributed by atoms with Crippen molar-refractivity contribution in [2.75, 3.05) is 32.2 Å². The van der Waals surface area contributed by atoms with Crippen molar-refractivity contribution >= 4 is 17.6 Å². The predicted octanol–water partition coefficient (Wildman–Crippen LogP) is 1.77. The normalized spacial score (nSPS) is 11.8. The lowest BCUT2D eigenvalue weighted by atomic mass is 10.1. The van der Waals surface area contributed by atoms with Crippen molar-refractivity contribution in [3.63, 3.8) is 0 Å². The topological polar surface area (TPSA) is 94.1 Å². The predicted molar refractivity (Wildman–Crippen MR) is 80.5 cm³/mol. The molecule has 0 aliphatic heterocycles. The molecule has 1 atom stereocenters. The monoisotopic (exact) mass is 311 g/mol. The molecule has 7 heteroatoms. The summed E-state index contributed by atoms with van der Waals surface area (Å²) >= 11 is 0. The van der Waals surface area contributed by atoms with E-state index < -0.39 is 12.1 Å². The molecule has 122 valence electrons. The van der Waals surface area contributed by atoms with E-state index in [9.17, 15) is 9.59 Å². The number of carboxylic acid groups (broad SMARTS) is 1. The van der Waals surface area contributed by atoms with Gasteiger partial charge in [0.15, 0.2) is 0 Å². The molecule has 1 amide bonds. The Morgan fingerprint density at radius 2 is 2.05 bits per heavy atom. The second kappa shape index (κ2) is 9.01. The van der Waals surface area contributed by atoms with Gasteiger partial charge in [0.1, 0.15) is 17.4 Å². The third-order valence-corrected chi connectivity index (χ3v) is 2.87. The van der Waals surface area contributed by atoms with Gasteiger partial charge in [-0.3, -0.25) is 4.79 Å². The number of carbonyl (C=O) groups is 2. The molecule has 0 saturated carbocycles. The van der Waals surface area contributed by atoms with Crippen molar-refractivity contribution in [1.82, 2.24) is 0 Å². The Balaban J connectivity index is 2.62. The maximum absolute atomic E-state index is 12.0. The summed E-state index contributed by atoms with van der Waals surface area (Å²) in [6.07, 6.45) is -0.648. The molecule has 0 bridgehead atoms. The van der Waals surface area contributed by atoms with Gasteiger partial charge in [0.25, 0.3) is 5.91 Å². The number of hydrogen-bond acceptors (Lipinski definition) is 5. The fourth-order valence-corrected chi connectivity index (χ4v) is 1.69. The van der Waals surface area contributed by atoms with Crippen LogP contribution < -0.4 is 10.1 Å². The first-order chi connectivity index (χ1) is 10.5. The van der Waals surface area contributed by atoms with Crippen LogP contribution in [0.1, 0.15) is 24.2 Å². The molecule has 0 saturated heterocycles. The van der Waals surface area contributed by atoms with E-state index in [0.717, 1.165) is 0 Å². The van der Waals surface area contributed by atoms with Gasteiger partial charge in [-0.2, -0.15) is 0 Å². The molecule has 7 nitrogen and oxygen atoms in total. The second-order valence-electron chi connectivity index (χ2n) is 4.42. The summed E-state index contributed by atoms with van der Waals surface area (Å²) in [6, 6.07) is 4.32. The van der Waals surface area contributed by atoms with E-state index in [-0.39, 0.29) is 17.2 Å². The molecule has 0 radical (unpaired) electrons. The molecule has 1 rings (SSSR count). The first-order valence-corrected chi connectivity index (χ1v) is 6.91. The van der Waals surface area contributed by atoms with Crippen LogP contribution in [0.4, 0.5) is 5.69 Å². The van der Waals surface area contributed by atoms with Crippen molar-refractivity contribution in [3.05, 3.63) is 23.8 Å². The highest BCUT2D eigenvalue weighted by Gasteiger charge is 2.16. The van der Waals surface area contributed by atoms with Gasteiger partial charge in [-0.1, -0.05) is 0 Å². The fraction of sp³-hybridized carbons (Fsp3) is 0.467. The van der Waals surface area contributed by atoms with Crippen molar-refractivity contribution in [2.24, 2.45) is 0 Å². The highest BCUT2D eigenvalue weighted by Crippen LogP contribution is 2.23. The molecule has 1 unspecified atom stereocenters. The lowest BCUT2D eigenvalue weighted by molar-refractivity contribution is -0.127. The molecule has 1 aromatic rings. The van der Waals surface area contributed by atoms with E-state index in [1.165, 1.54) is 25.3 Å². The Morgan fingerprint density at radius 1 is 1.32 bits per heavy atom. The van der Waals surface area contributed by atoms with Crippen LogP contribution in [0.5, 0.6) is 5.75 Å². The van der Waals surface area contributed by atoms with Crippen LogP contribution in [0.2, 0.25) is 0 Å². The lowest BCUT2D eigenvalue weighted by Gasteiger charge is -2.14. The summed E-state index contributed by atoms with van der Waals surface area (Å²) in [5, 5.41) is 11.6. The number of carboxylic acids is 1. The van der Waals surface area contributed by atoms with Gasteiger partial charge >= 0.3 is 5.97 Å². The highest BCUT2D eigenvalue weighted by molar-refractivity contribution is 5.96. The van der Waals surface area contributed by atoms with Crippen LogP contribution in [-0.2, 0) is 14.3 Å². The maximum Gasteiger partial charge on any atom is 0.339 e. The third kappa shape index (κ3) is 5.34. The van der Waals surface area contributed by atoms with Gasteiger partial charge in [-0.05, 0) is 26.0 Å². The number of aromatic carboxylic acids is 1. The summed E-state index contributed by atoms with van der Waals surface area (Å²) in [5.41, 5.74) is 0.466. The number of ether oxygens (including phenoxy) is 3. The van der Waals surface area contributed by atoms with E-state index in [2.05, 4.69) is 5.32 Å².